The van der Waals surface area contributed by atoms with Gasteiger partial charge in [0, 0.05) is 14.2 Å². The third-order valence-corrected chi connectivity index (χ3v) is 5.00. The van der Waals surface area contributed by atoms with E-state index in [1.165, 1.54) is 4.90 Å². The number of carbonyl (C=O) groups is 1. The Morgan fingerprint density at radius 3 is 2.40 bits per heavy atom. The number of carbonyl (C=O) groups excluding carboxylic acids is 1. The second-order valence-corrected chi connectivity index (χ2v) is 7.08. The molecule has 0 aliphatic carbocycles. The summed E-state index contributed by atoms with van der Waals surface area (Å²) in [5, 5.41) is 10.5. The van der Waals surface area contributed by atoms with Gasteiger partial charge in [-0.2, -0.15) is 0 Å². The predicted molar refractivity (Wildman–Crippen MR) is 115 cm³/mol. The Labute approximate surface area is 177 Å². The highest BCUT2D eigenvalue weighted by Gasteiger charge is 2.32. The molecule has 6 heteroatoms. The third kappa shape index (κ3) is 5.36. The van der Waals surface area contributed by atoms with E-state index in [0.717, 1.165) is 18.7 Å². The van der Waals surface area contributed by atoms with Gasteiger partial charge in [-0.15, -0.1) is 0 Å². The van der Waals surface area contributed by atoms with Crippen LogP contribution in [-0.2, 0) is 16.0 Å². The van der Waals surface area contributed by atoms with E-state index in [2.05, 4.69) is 0 Å². The van der Waals surface area contributed by atoms with Crippen molar-refractivity contribution in [3.63, 3.8) is 0 Å². The van der Waals surface area contributed by atoms with E-state index in [1.54, 1.807) is 38.5 Å². The van der Waals surface area contributed by atoms with Crippen LogP contribution in [0.1, 0.15) is 21.5 Å². The second-order valence-electron chi connectivity index (χ2n) is 7.08. The number of rotatable bonds is 10. The summed E-state index contributed by atoms with van der Waals surface area (Å²) >= 11 is 0. The van der Waals surface area contributed by atoms with Gasteiger partial charge in [0.1, 0.15) is 25.4 Å². The summed E-state index contributed by atoms with van der Waals surface area (Å²) in [6, 6.07) is 13.0. The number of ether oxygens (including phenoxy) is 3. The number of nitrogens with one attached hydrogen (secondary N) is 1. The van der Waals surface area contributed by atoms with Gasteiger partial charge in [-0.3, -0.25) is 4.79 Å². The Kier molecular flexibility index (Phi) is 7.79. The van der Waals surface area contributed by atoms with E-state index in [0.29, 0.717) is 36.6 Å². The molecule has 0 spiro atoms. The molecule has 3 rings (SSSR count). The maximum absolute atomic E-state index is 12.8. The SMILES string of the molecule is COCC[NH+](CCOC)Cc1c(O)ccc2c1O/C(=C\C=C\c1ccccc1)C2=O. The summed E-state index contributed by atoms with van der Waals surface area (Å²) in [4.78, 5) is 13.9. The molecule has 0 saturated heterocycles. The van der Waals surface area contributed by atoms with Gasteiger partial charge in [0.15, 0.2) is 11.5 Å². The topological polar surface area (TPSA) is 69.4 Å². The molecule has 1 heterocycles. The summed E-state index contributed by atoms with van der Waals surface area (Å²) < 4.78 is 16.3. The van der Waals surface area contributed by atoms with Crippen LogP contribution in [0.2, 0.25) is 0 Å². The standard InChI is InChI=1S/C24H27NO5/c1-28-15-13-25(14-16-29-2)17-20-21(26)12-11-19-23(27)22(30-24(19)20)10-6-9-18-7-4-3-5-8-18/h3-12,26H,13-17H2,1-2H3/p+1/b9-6+,22-10-. The van der Waals surface area contributed by atoms with Gasteiger partial charge >= 0.3 is 0 Å². The normalized spacial score (nSPS) is 14.6. The zero-order chi connectivity index (χ0) is 21.3. The van der Waals surface area contributed by atoms with Crippen molar-refractivity contribution in [2.45, 2.75) is 6.54 Å². The van der Waals surface area contributed by atoms with Crippen molar-refractivity contribution in [1.82, 2.24) is 0 Å². The van der Waals surface area contributed by atoms with Gasteiger partial charge in [-0.25, -0.2) is 0 Å². The Balaban J connectivity index is 1.81. The Hall–Kier alpha value is -2.93. The smallest absolute Gasteiger partial charge is 0.231 e. The maximum Gasteiger partial charge on any atom is 0.231 e. The molecule has 6 nitrogen and oxygen atoms in total. The molecule has 30 heavy (non-hydrogen) atoms. The summed E-state index contributed by atoms with van der Waals surface area (Å²) in [5.74, 6) is 0.625. The predicted octanol–water partition coefficient (Wildman–Crippen LogP) is 2.24. The first kappa shape index (κ1) is 21.8. The Morgan fingerprint density at radius 1 is 1.03 bits per heavy atom. The lowest BCUT2D eigenvalue weighted by molar-refractivity contribution is -0.914. The highest BCUT2D eigenvalue weighted by atomic mass is 16.5. The van der Waals surface area contributed by atoms with E-state index >= 15 is 0 Å². The number of hydrogen-bond donors (Lipinski definition) is 2. The molecule has 2 aromatic carbocycles. The van der Waals surface area contributed by atoms with Crippen molar-refractivity contribution in [3.05, 3.63) is 77.1 Å². The molecule has 0 unspecified atom stereocenters. The summed E-state index contributed by atoms with van der Waals surface area (Å²) in [6.07, 6.45) is 5.37. The molecule has 1 aliphatic rings. The summed E-state index contributed by atoms with van der Waals surface area (Å²) in [5.41, 5.74) is 2.13. The van der Waals surface area contributed by atoms with E-state index in [4.69, 9.17) is 14.2 Å². The van der Waals surface area contributed by atoms with Crippen LogP contribution in [0.3, 0.4) is 0 Å². The molecule has 0 amide bonds. The van der Waals surface area contributed by atoms with Gasteiger partial charge in [0.05, 0.1) is 24.3 Å². The van der Waals surface area contributed by atoms with E-state index < -0.39 is 0 Å². The number of phenolic OH excluding ortho intramolecular Hbond substituents is 1. The van der Waals surface area contributed by atoms with Crippen molar-refractivity contribution in [2.75, 3.05) is 40.5 Å². The monoisotopic (exact) mass is 410 g/mol. The molecule has 2 N–H and O–H groups in total. The van der Waals surface area contributed by atoms with Gasteiger partial charge < -0.3 is 24.2 Å². The molecular weight excluding hydrogens is 382 g/mol. The maximum atomic E-state index is 12.8. The van der Waals surface area contributed by atoms with Crippen LogP contribution in [0.25, 0.3) is 6.08 Å². The zero-order valence-electron chi connectivity index (χ0n) is 17.4. The van der Waals surface area contributed by atoms with Crippen LogP contribution in [0.5, 0.6) is 11.5 Å². The molecule has 158 valence electrons. The average molecular weight is 410 g/mol. The van der Waals surface area contributed by atoms with E-state index in [9.17, 15) is 9.90 Å². The van der Waals surface area contributed by atoms with Crippen molar-refractivity contribution in [2.24, 2.45) is 0 Å². The number of ketones is 1. The van der Waals surface area contributed by atoms with Crippen molar-refractivity contribution < 1.29 is 29.0 Å². The highest BCUT2D eigenvalue weighted by Crippen LogP contribution is 2.38. The minimum atomic E-state index is -0.181. The van der Waals surface area contributed by atoms with E-state index in [-0.39, 0.29) is 17.3 Å². The van der Waals surface area contributed by atoms with Crippen LogP contribution in [0, 0.1) is 0 Å². The third-order valence-electron chi connectivity index (χ3n) is 5.00. The number of benzene rings is 2. The fraction of sp³-hybridized carbons (Fsp3) is 0.292. The van der Waals surface area contributed by atoms with Crippen LogP contribution >= 0.6 is 0 Å². The van der Waals surface area contributed by atoms with Crippen molar-refractivity contribution in [3.8, 4) is 11.5 Å². The lowest BCUT2D eigenvalue weighted by Gasteiger charge is -2.20. The average Bonchev–Trinajstić information content (AvgIpc) is 3.08. The summed E-state index contributed by atoms with van der Waals surface area (Å²) in [6.45, 7) is 3.18. The number of hydrogen-bond acceptors (Lipinski definition) is 5. The van der Waals surface area contributed by atoms with Gasteiger partial charge in [0.2, 0.25) is 5.78 Å². The number of Topliss-reactive ketones (excluding diaryl/α,β-unsaturated/α-hetero) is 1. The second kappa shape index (κ2) is 10.7. The van der Waals surface area contributed by atoms with Crippen molar-refractivity contribution in [1.29, 1.82) is 0 Å². The molecule has 0 saturated carbocycles. The van der Waals surface area contributed by atoms with Gasteiger partial charge in [0.25, 0.3) is 0 Å². The molecule has 0 atom stereocenters. The Bertz CT molecular complexity index is 913. The zero-order valence-corrected chi connectivity index (χ0v) is 17.4. The molecular formula is C24H28NO5+. The first-order chi connectivity index (χ1) is 14.6. The number of phenols is 1. The lowest BCUT2D eigenvalue weighted by Crippen LogP contribution is -3.11. The Morgan fingerprint density at radius 2 is 1.73 bits per heavy atom. The summed E-state index contributed by atoms with van der Waals surface area (Å²) in [7, 11) is 3.32. The first-order valence-corrected chi connectivity index (χ1v) is 9.96. The largest absolute Gasteiger partial charge is 0.507 e. The fourth-order valence-electron chi connectivity index (χ4n) is 3.34. The fourth-order valence-corrected chi connectivity index (χ4v) is 3.34. The number of quaternary nitrogens is 1. The molecule has 0 fully saturated rings. The van der Waals surface area contributed by atoms with Crippen LogP contribution < -0.4 is 9.64 Å². The highest BCUT2D eigenvalue weighted by molar-refractivity contribution is 6.12. The molecule has 1 aliphatic heterocycles. The number of allylic oxidation sites excluding steroid dienone is 3. The van der Waals surface area contributed by atoms with Crippen LogP contribution in [-0.4, -0.2) is 51.4 Å². The van der Waals surface area contributed by atoms with Crippen LogP contribution in [0.15, 0.2) is 60.4 Å². The number of aromatic hydroxyl groups is 1. The van der Waals surface area contributed by atoms with Crippen LogP contribution in [0.4, 0.5) is 0 Å². The quantitative estimate of drug-likeness (QED) is 0.588. The lowest BCUT2D eigenvalue weighted by atomic mass is 10.0. The molecule has 0 bridgehead atoms. The minimum Gasteiger partial charge on any atom is -0.507 e. The molecule has 2 aromatic rings. The minimum absolute atomic E-state index is 0.120. The van der Waals surface area contributed by atoms with Gasteiger partial charge in [-0.1, -0.05) is 42.5 Å². The number of fused-ring (bicyclic) bond motifs is 1. The van der Waals surface area contributed by atoms with Crippen molar-refractivity contribution >= 4 is 11.9 Å². The van der Waals surface area contributed by atoms with Gasteiger partial charge in [-0.05, 0) is 23.8 Å². The number of methoxy groups -OCH3 is 2. The first-order valence-electron chi connectivity index (χ1n) is 9.96. The molecule has 0 radical (unpaired) electrons. The molecule has 0 aromatic heterocycles. The van der Waals surface area contributed by atoms with E-state index in [1.807, 2.05) is 36.4 Å².